The van der Waals surface area contributed by atoms with Crippen molar-refractivity contribution in [2.75, 3.05) is 18.1 Å². The summed E-state index contributed by atoms with van der Waals surface area (Å²) in [5.74, 6) is 0. The summed E-state index contributed by atoms with van der Waals surface area (Å²) in [5, 5.41) is 3.04. The first kappa shape index (κ1) is 9.52. The topological polar surface area (TPSA) is 50.9 Å². The molecule has 0 aliphatic carbocycles. The number of nitrogens with two attached hydrogens (primary N) is 1. The van der Waals surface area contributed by atoms with E-state index in [-0.39, 0.29) is 0 Å². The molecule has 3 nitrogen and oxygen atoms in total. The molecule has 0 atom stereocenters. The first-order valence-electron chi connectivity index (χ1n) is 4.79. The van der Waals surface area contributed by atoms with E-state index < -0.39 is 0 Å². The van der Waals surface area contributed by atoms with E-state index in [0.717, 1.165) is 22.5 Å². The summed E-state index contributed by atoms with van der Waals surface area (Å²) in [4.78, 5) is 3.98. The molecule has 0 radical (unpaired) electrons. The van der Waals surface area contributed by atoms with Gasteiger partial charge in [-0.25, -0.2) is 0 Å². The third-order valence-electron chi connectivity index (χ3n) is 2.33. The summed E-state index contributed by atoms with van der Waals surface area (Å²) in [7, 11) is 1.86. The standard InChI is InChI=1S/C12H13N3/c1-14-12-3-2-10(8-11(12)13)9-4-6-15-7-5-9/h2-8,14H,13H2,1H3. The molecular weight excluding hydrogens is 186 g/mol. The number of nitrogens with zero attached hydrogens (tertiary/aromatic N) is 1. The number of nitrogen functional groups attached to an aromatic ring is 1. The highest BCUT2D eigenvalue weighted by Crippen LogP contribution is 2.25. The van der Waals surface area contributed by atoms with E-state index in [2.05, 4.69) is 10.3 Å². The SMILES string of the molecule is CNc1ccc(-c2ccncc2)cc1N. The minimum atomic E-state index is 0.756. The van der Waals surface area contributed by atoms with E-state index in [0.29, 0.717) is 0 Å². The summed E-state index contributed by atoms with van der Waals surface area (Å²) in [5.41, 5.74) is 9.83. The summed E-state index contributed by atoms with van der Waals surface area (Å²) in [6.07, 6.45) is 3.55. The van der Waals surface area contributed by atoms with Gasteiger partial charge in [0.05, 0.1) is 11.4 Å². The number of nitrogens with one attached hydrogen (secondary N) is 1. The van der Waals surface area contributed by atoms with Crippen molar-refractivity contribution in [1.29, 1.82) is 0 Å². The fourth-order valence-electron chi connectivity index (χ4n) is 1.51. The van der Waals surface area contributed by atoms with Gasteiger partial charge in [0.2, 0.25) is 0 Å². The molecule has 0 spiro atoms. The molecule has 0 unspecified atom stereocenters. The minimum absolute atomic E-state index is 0.756. The number of aromatic nitrogens is 1. The van der Waals surface area contributed by atoms with E-state index in [1.807, 2.05) is 37.4 Å². The van der Waals surface area contributed by atoms with Crippen molar-refractivity contribution in [3.05, 3.63) is 42.7 Å². The van der Waals surface area contributed by atoms with Crippen molar-refractivity contribution in [3.63, 3.8) is 0 Å². The van der Waals surface area contributed by atoms with Gasteiger partial charge >= 0.3 is 0 Å². The zero-order valence-corrected chi connectivity index (χ0v) is 8.57. The van der Waals surface area contributed by atoms with Gasteiger partial charge in [-0.2, -0.15) is 0 Å². The van der Waals surface area contributed by atoms with Gasteiger partial charge in [-0.1, -0.05) is 6.07 Å². The Morgan fingerprint density at radius 3 is 2.40 bits per heavy atom. The lowest BCUT2D eigenvalue weighted by atomic mass is 10.1. The fourth-order valence-corrected chi connectivity index (χ4v) is 1.51. The molecule has 1 aromatic carbocycles. The second-order valence-electron chi connectivity index (χ2n) is 3.29. The van der Waals surface area contributed by atoms with Crippen LogP contribution in [-0.4, -0.2) is 12.0 Å². The maximum absolute atomic E-state index is 5.89. The van der Waals surface area contributed by atoms with Crippen LogP contribution in [0.3, 0.4) is 0 Å². The molecule has 0 saturated carbocycles. The van der Waals surface area contributed by atoms with Gasteiger partial charge in [-0.3, -0.25) is 4.98 Å². The Morgan fingerprint density at radius 2 is 1.80 bits per heavy atom. The Balaban J connectivity index is 2.43. The number of rotatable bonds is 2. The molecule has 76 valence electrons. The molecule has 0 fully saturated rings. The molecule has 0 aliphatic heterocycles. The van der Waals surface area contributed by atoms with Crippen LogP contribution in [-0.2, 0) is 0 Å². The normalized spacial score (nSPS) is 9.93. The van der Waals surface area contributed by atoms with E-state index in [9.17, 15) is 0 Å². The summed E-state index contributed by atoms with van der Waals surface area (Å²) in [6, 6.07) is 9.91. The quantitative estimate of drug-likeness (QED) is 0.730. The van der Waals surface area contributed by atoms with Crippen molar-refractivity contribution >= 4 is 11.4 Å². The number of pyridine rings is 1. The van der Waals surface area contributed by atoms with Gasteiger partial charge in [0.1, 0.15) is 0 Å². The Hall–Kier alpha value is -2.03. The smallest absolute Gasteiger partial charge is 0.0571 e. The maximum atomic E-state index is 5.89. The van der Waals surface area contributed by atoms with Crippen LogP contribution in [0, 0.1) is 0 Å². The number of hydrogen-bond donors (Lipinski definition) is 2. The Labute approximate surface area is 89.0 Å². The van der Waals surface area contributed by atoms with Crippen LogP contribution >= 0.6 is 0 Å². The van der Waals surface area contributed by atoms with Gasteiger partial charge in [0, 0.05) is 19.4 Å². The highest BCUT2D eigenvalue weighted by molar-refractivity contribution is 5.75. The molecule has 3 heteroatoms. The van der Waals surface area contributed by atoms with Gasteiger partial charge < -0.3 is 11.1 Å². The lowest BCUT2D eigenvalue weighted by molar-refractivity contribution is 1.33. The van der Waals surface area contributed by atoms with Crippen molar-refractivity contribution in [3.8, 4) is 11.1 Å². The van der Waals surface area contributed by atoms with Gasteiger partial charge in [-0.05, 0) is 35.4 Å². The zero-order chi connectivity index (χ0) is 10.7. The molecular formula is C12H13N3. The van der Waals surface area contributed by atoms with E-state index in [1.54, 1.807) is 12.4 Å². The predicted octanol–water partition coefficient (Wildman–Crippen LogP) is 2.37. The molecule has 1 aromatic heterocycles. The zero-order valence-electron chi connectivity index (χ0n) is 8.57. The van der Waals surface area contributed by atoms with Crippen LogP contribution in [0.25, 0.3) is 11.1 Å². The van der Waals surface area contributed by atoms with Crippen molar-refractivity contribution in [1.82, 2.24) is 4.98 Å². The molecule has 0 amide bonds. The van der Waals surface area contributed by atoms with Gasteiger partial charge in [-0.15, -0.1) is 0 Å². The number of benzene rings is 1. The van der Waals surface area contributed by atoms with Crippen LogP contribution in [0.5, 0.6) is 0 Å². The Kier molecular flexibility index (Phi) is 2.54. The van der Waals surface area contributed by atoms with E-state index in [4.69, 9.17) is 5.73 Å². The van der Waals surface area contributed by atoms with Crippen LogP contribution in [0.2, 0.25) is 0 Å². The molecule has 2 rings (SSSR count). The number of anilines is 2. The summed E-state index contributed by atoms with van der Waals surface area (Å²) >= 11 is 0. The van der Waals surface area contributed by atoms with Crippen LogP contribution in [0.4, 0.5) is 11.4 Å². The fraction of sp³-hybridized carbons (Fsp3) is 0.0833. The molecule has 0 saturated heterocycles. The summed E-state index contributed by atoms with van der Waals surface area (Å²) < 4.78 is 0. The second-order valence-corrected chi connectivity index (χ2v) is 3.29. The molecule has 15 heavy (non-hydrogen) atoms. The van der Waals surface area contributed by atoms with Crippen LogP contribution in [0.1, 0.15) is 0 Å². The highest BCUT2D eigenvalue weighted by atomic mass is 14.8. The first-order valence-corrected chi connectivity index (χ1v) is 4.79. The molecule has 0 bridgehead atoms. The average molecular weight is 199 g/mol. The minimum Gasteiger partial charge on any atom is -0.397 e. The predicted molar refractivity (Wildman–Crippen MR) is 63.6 cm³/mol. The third kappa shape index (κ3) is 1.91. The summed E-state index contributed by atoms with van der Waals surface area (Å²) in [6.45, 7) is 0. The van der Waals surface area contributed by atoms with Crippen LogP contribution in [0.15, 0.2) is 42.7 Å². The van der Waals surface area contributed by atoms with Crippen molar-refractivity contribution < 1.29 is 0 Å². The van der Waals surface area contributed by atoms with Gasteiger partial charge in [0.15, 0.2) is 0 Å². The maximum Gasteiger partial charge on any atom is 0.0571 e. The van der Waals surface area contributed by atoms with E-state index in [1.165, 1.54) is 0 Å². The lowest BCUT2D eigenvalue weighted by Gasteiger charge is -2.07. The van der Waals surface area contributed by atoms with Crippen molar-refractivity contribution in [2.45, 2.75) is 0 Å². The lowest BCUT2D eigenvalue weighted by Crippen LogP contribution is -1.95. The largest absolute Gasteiger partial charge is 0.397 e. The average Bonchev–Trinajstić information content (AvgIpc) is 2.30. The molecule has 2 aromatic rings. The third-order valence-corrected chi connectivity index (χ3v) is 2.33. The van der Waals surface area contributed by atoms with Crippen LogP contribution < -0.4 is 11.1 Å². The molecule has 0 aliphatic rings. The van der Waals surface area contributed by atoms with E-state index >= 15 is 0 Å². The number of hydrogen-bond acceptors (Lipinski definition) is 3. The highest BCUT2D eigenvalue weighted by Gasteiger charge is 2.00. The Bertz CT molecular complexity index is 452. The second kappa shape index (κ2) is 4.00. The Morgan fingerprint density at radius 1 is 1.07 bits per heavy atom. The van der Waals surface area contributed by atoms with Gasteiger partial charge in [0.25, 0.3) is 0 Å². The van der Waals surface area contributed by atoms with Crippen molar-refractivity contribution in [2.24, 2.45) is 0 Å². The first-order chi connectivity index (χ1) is 7.31. The molecule has 3 N–H and O–H groups in total. The molecule has 1 heterocycles. The monoisotopic (exact) mass is 199 g/mol.